The quantitative estimate of drug-likeness (QED) is 0.101. The topological polar surface area (TPSA) is 58.5 Å². The maximum atomic E-state index is 6.95. The monoisotopic (exact) mass is 1200 g/mol. The fourth-order valence-electron chi connectivity index (χ4n) is 13.7. The van der Waals surface area contributed by atoms with Crippen molar-refractivity contribution in [3.63, 3.8) is 0 Å². The summed E-state index contributed by atoms with van der Waals surface area (Å²) in [5.74, 6) is 1.70. The highest BCUT2D eigenvalue weighted by Crippen LogP contribution is 2.49. The number of rotatable bonds is 14. The normalized spacial score (nSPS) is 11.4. The number of furan rings is 2. The van der Waals surface area contributed by atoms with Crippen LogP contribution in [0.4, 0.5) is 34.1 Å². The molecule has 0 aliphatic carbocycles. The summed E-state index contributed by atoms with van der Waals surface area (Å²) in [7, 11) is 0. The standard InChI is InChI=1S/C88H58N4O2/c1-5-17-63(18-6-1)85-79-47-45-73(57-81(79)93-87(85)67-21-9-3-10-22-67)91(69-37-29-59(30-38-69)61-49-53-89-54-50-61)71-41-33-65(34-42-71)83-75-25-13-15-27-77(75)84(78-28-16-14-26-76(78)83)66-35-43-72(44-36-66)92(70-39-31-60(32-40-70)62-51-55-90-56-52-62)74-46-48-80-82(58-74)94-88(68-23-11-4-12-24-68)86(80)64-19-7-2-8-20-64/h1-58H. The first kappa shape index (κ1) is 55.4. The first-order valence-corrected chi connectivity index (χ1v) is 31.7. The number of fused-ring (bicyclic) bond motifs is 4. The molecule has 17 aromatic rings. The van der Waals surface area contributed by atoms with E-state index in [1.807, 2.05) is 61.2 Å². The van der Waals surface area contributed by atoms with Crippen LogP contribution in [-0.4, -0.2) is 9.97 Å². The van der Waals surface area contributed by atoms with Crippen LogP contribution in [0.3, 0.4) is 0 Å². The van der Waals surface area contributed by atoms with Crippen LogP contribution >= 0.6 is 0 Å². The van der Waals surface area contributed by atoms with E-state index in [-0.39, 0.29) is 0 Å². The highest BCUT2D eigenvalue weighted by atomic mass is 16.3. The molecule has 94 heavy (non-hydrogen) atoms. The molecule has 17 rings (SSSR count). The minimum atomic E-state index is 0.810. The summed E-state index contributed by atoms with van der Waals surface area (Å²) in [5, 5.41) is 6.82. The number of pyridine rings is 2. The van der Waals surface area contributed by atoms with Crippen molar-refractivity contribution in [1.29, 1.82) is 0 Å². The van der Waals surface area contributed by atoms with Crippen LogP contribution < -0.4 is 9.80 Å². The molecule has 4 heterocycles. The Hall–Kier alpha value is -12.6. The van der Waals surface area contributed by atoms with Crippen molar-refractivity contribution in [2.75, 3.05) is 9.80 Å². The van der Waals surface area contributed by atoms with Crippen molar-refractivity contribution in [3.05, 3.63) is 352 Å². The van der Waals surface area contributed by atoms with Gasteiger partial charge in [-0.15, -0.1) is 0 Å². The maximum Gasteiger partial charge on any atom is 0.143 e. The van der Waals surface area contributed by atoms with Crippen LogP contribution in [0, 0.1) is 0 Å². The van der Waals surface area contributed by atoms with Gasteiger partial charge < -0.3 is 18.6 Å². The van der Waals surface area contributed by atoms with Gasteiger partial charge in [-0.2, -0.15) is 0 Å². The summed E-state index contributed by atoms with van der Waals surface area (Å²) >= 11 is 0. The Kier molecular flexibility index (Phi) is 14.1. The van der Waals surface area contributed by atoms with Crippen LogP contribution in [0.2, 0.25) is 0 Å². The van der Waals surface area contributed by atoms with Gasteiger partial charge in [0.1, 0.15) is 22.7 Å². The summed E-state index contributed by atoms with van der Waals surface area (Å²) in [5.41, 5.74) is 23.2. The highest BCUT2D eigenvalue weighted by Gasteiger charge is 2.25. The van der Waals surface area contributed by atoms with Gasteiger partial charge >= 0.3 is 0 Å². The SMILES string of the molecule is c1ccc(-c2oc3cc(N(c4ccc(-c5ccncc5)cc4)c4ccc(-c5c6ccccc6c(-c6ccc(N(c7ccc(-c8ccncc8)cc7)c7ccc8c(-c9ccccc9)c(-c9ccccc9)oc8c7)cc6)c6ccccc56)cc4)ccc3c2-c2ccccc2)cc1. The van der Waals surface area contributed by atoms with E-state index in [0.29, 0.717) is 0 Å². The molecule has 0 unspecified atom stereocenters. The Morgan fingerprint density at radius 1 is 0.191 bits per heavy atom. The minimum absolute atomic E-state index is 0.810. The molecular formula is C88H58N4O2. The fourth-order valence-corrected chi connectivity index (χ4v) is 13.7. The molecule has 13 aromatic carbocycles. The van der Waals surface area contributed by atoms with E-state index in [1.54, 1.807) is 0 Å². The molecule has 0 aliphatic rings. The van der Waals surface area contributed by atoms with Gasteiger partial charge in [-0.3, -0.25) is 9.97 Å². The molecule has 0 fully saturated rings. The molecule has 0 amide bonds. The van der Waals surface area contributed by atoms with Gasteiger partial charge in [0.25, 0.3) is 0 Å². The van der Waals surface area contributed by atoms with E-state index in [0.717, 1.165) is 134 Å². The lowest BCUT2D eigenvalue weighted by Gasteiger charge is -2.26. The smallest absolute Gasteiger partial charge is 0.143 e. The van der Waals surface area contributed by atoms with Crippen molar-refractivity contribution >= 4 is 77.6 Å². The number of aromatic nitrogens is 2. The molecule has 0 spiro atoms. The number of anilines is 6. The molecule has 442 valence electrons. The summed E-state index contributed by atoms with van der Waals surface area (Å²) in [6, 6.07) is 117. The Bertz CT molecular complexity index is 5140. The molecule has 0 radical (unpaired) electrons. The average molecular weight is 1200 g/mol. The largest absolute Gasteiger partial charge is 0.455 e. The summed E-state index contributed by atoms with van der Waals surface area (Å²) < 4.78 is 13.9. The van der Waals surface area contributed by atoms with Crippen molar-refractivity contribution in [1.82, 2.24) is 9.97 Å². The Morgan fingerprint density at radius 3 is 0.766 bits per heavy atom. The van der Waals surface area contributed by atoms with E-state index in [9.17, 15) is 0 Å². The molecule has 0 saturated carbocycles. The lowest BCUT2D eigenvalue weighted by atomic mass is 9.86. The second kappa shape index (κ2) is 24.0. The van der Waals surface area contributed by atoms with Gasteiger partial charge in [0.15, 0.2) is 0 Å². The van der Waals surface area contributed by atoms with Gasteiger partial charge in [0.2, 0.25) is 0 Å². The van der Waals surface area contributed by atoms with Gasteiger partial charge in [-0.25, -0.2) is 0 Å². The van der Waals surface area contributed by atoms with E-state index in [2.05, 4.69) is 311 Å². The number of benzene rings is 13. The molecule has 4 aromatic heterocycles. The van der Waals surface area contributed by atoms with Crippen molar-refractivity contribution < 1.29 is 8.83 Å². The van der Waals surface area contributed by atoms with Gasteiger partial charge in [-0.1, -0.05) is 218 Å². The molecule has 0 N–H and O–H groups in total. The summed E-state index contributed by atoms with van der Waals surface area (Å²) in [4.78, 5) is 13.2. The summed E-state index contributed by atoms with van der Waals surface area (Å²) in [6.45, 7) is 0. The average Bonchev–Trinajstić information content (AvgIpc) is 1.13. The van der Waals surface area contributed by atoms with Gasteiger partial charge in [0.05, 0.1) is 0 Å². The highest BCUT2D eigenvalue weighted by molar-refractivity contribution is 6.21. The third-order valence-electron chi connectivity index (χ3n) is 18.1. The van der Waals surface area contributed by atoms with E-state index >= 15 is 0 Å². The van der Waals surface area contributed by atoms with Crippen LogP contribution in [-0.2, 0) is 0 Å². The minimum Gasteiger partial charge on any atom is -0.455 e. The molecule has 0 aliphatic heterocycles. The third-order valence-corrected chi connectivity index (χ3v) is 18.1. The van der Waals surface area contributed by atoms with Gasteiger partial charge in [-0.05, 0) is 174 Å². The van der Waals surface area contributed by atoms with Crippen LogP contribution in [0.1, 0.15) is 0 Å². The molecule has 6 heteroatoms. The van der Waals surface area contributed by atoms with Crippen LogP contribution in [0.25, 0.3) is 133 Å². The van der Waals surface area contributed by atoms with E-state index in [4.69, 9.17) is 8.83 Å². The lowest BCUT2D eigenvalue weighted by Crippen LogP contribution is -2.10. The maximum absolute atomic E-state index is 6.95. The van der Waals surface area contributed by atoms with Crippen molar-refractivity contribution in [2.24, 2.45) is 0 Å². The molecule has 0 saturated heterocycles. The zero-order valence-electron chi connectivity index (χ0n) is 51.1. The molecule has 0 bridgehead atoms. The van der Waals surface area contributed by atoms with E-state index in [1.165, 1.54) is 32.7 Å². The first-order chi connectivity index (χ1) is 46.6. The first-order valence-electron chi connectivity index (χ1n) is 31.7. The second-order valence-electron chi connectivity index (χ2n) is 23.6. The molecular weight excluding hydrogens is 1140 g/mol. The number of hydrogen-bond donors (Lipinski definition) is 0. The second-order valence-corrected chi connectivity index (χ2v) is 23.6. The zero-order chi connectivity index (χ0) is 62.3. The lowest BCUT2D eigenvalue weighted by molar-refractivity contribution is 0.632. The molecule has 6 nitrogen and oxygen atoms in total. The Labute approximate surface area is 544 Å². The predicted molar refractivity (Wildman–Crippen MR) is 389 cm³/mol. The van der Waals surface area contributed by atoms with Gasteiger partial charge in [0, 0.05) is 104 Å². The molecule has 0 atom stereocenters. The van der Waals surface area contributed by atoms with E-state index < -0.39 is 0 Å². The number of nitrogens with zero attached hydrogens (tertiary/aromatic N) is 4. The predicted octanol–water partition coefficient (Wildman–Crippen LogP) is 24.6. The summed E-state index contributed by atoms with van der Waals surface area (Å²) in [6.07, 6.45) is 7.36. The zero-order valence-corrected chi connectivity index (χ0v) is 51.1. The third kappa shape index (κ3) is 10.1. The number of hydrogen-bond acceptors (Lipinski definition) is 6. The Balaban J connectivity index is 0.763. The van der Waals surface area contributed by atoms with Crippen molar-refractivity contribution in [3.8, 4) is 89.4 Å². The van der Waals surface area contributed by atoms with Crippen molar-refractivity contribution in [2.45, 2.75) is 0 Å². The van der Waals surface area contributed by atoms with Crippen LogP contribution in [0.5, 0.6) is 0 Å². The Morgan fingerprint density at radius 2 is 0.447 bits per heavy atom. The fraction of sp³-hybridized carbons (Fsp3) is 0. The van der Waals surface area contributed by atoms with Crippen LogP contribution in [0.15, 0.2) is 361 Å².